The van der Waals surface area contributed by atoms with Crippen LogP contribution in [0.2, 0.25) is 10.0 Å². The number of hydrogen-bond donors (Lipinski definition) is 1. The van der Waals surface area contributed by atoms with Gasteiger partial charge in [0, 0.05) is 15.6 Å². The van der Waals surface area contributed by atoms with Crippen molar-refractivity contribution in [3.8, 4) is 0 Å². The van der Waals surface area contributed by atoms with Crippen LogP contribution < -0.4 is 0 Å². The molecule has 0 amide bonds. The summed E-state index contributed by atoms with van der Waals surface area (Å²) in [5.74, 6) is -4.26. The number of esters is 2. The van der Waals surface area contributed by atoms with Crippen molar-refractivity contribution in [1.82, 2.24) is 0 Å². The zero-order valence-electron chi connectivity index (χ0n) is 14.7. The number of rotatable bonds is 7. The highest BCUT2D eigenvalue weighted by molar-refractivity contribution is 6.35. The average Bonchev–Trinajstić information content (AvgIpc) is 2.95. The number of hydrogen-bond acceptors (Lipinski definition) is 5. The van der Waals surface area contributed by atoms with Gasteiger partial charge in [0.25, 0.3) is 0 Å². The van der Waals surface area contributed by atoms with Crippen LogP contribution in [-0.2, 0) is 30.3 Å². The summed E-state index contributed by atoms with van der Waals surface area (Å²) in [6.45, 7) is 3.22. The lowest BCUT2D eigenvalue weighted by Gasteiger charge is -2.19. The van der Waals surface area contributed by atoms with Gasteiger partial charge in [0.05, 0.1) is 12.8 Å². The van der Waals surface area contributed by atoms with Crippen LogP contribution in [0.4, 0.5) is 13.2 Å². The van der Waals surface area contributed by atoms with Crippen LogP contribution in [0, 0.1) is 0 Å². The van der Waals surface area contributed by atoms with E-state index >= 15 is 0 Å². The number of benzene rings is 1. The highest BCUT2D eigenvalue weighted by Gasteiger charge is 2.44. The van der Waals surface area contributed by atoms with E-state index in [9.17, 15) is 27.6 Å². The second kappa shape index (κ2) is 9.04. The van der Waals surface area contributed by atoms with Gasteiger partial charge in [-0.15, -0.1) is 0 Å². The van der Waals surface area contributed by atoms with Crippen molar-refractivity contribution in [2.75, 3.05) is 0 Å². The summed E-state index contributed by atoms with van der Waals surface area (Å²) in [7, 11) is 0. The topological polar surface area (TPSA) is 89.9 Å². The molecule has 1 N–H and O–H groups in total. The van der Waals surface area contributed by atoms with Crippen LogP contribution in [0.25, 0.3) is 0 Å². The Balaban J connectivity index is 1.97. The van der Waals surface area contributed by atoms with Crippen molar-refractivity contribution in [3.63, 3.8) is 0 Å². The molecule has 0 fully saturated rings. The van der Waals surface area contributed by atoms with E-state index in [0.717, 1.165) is 5.56 Å². The zero-order chi connectivity index (χ0) is 21.9. The Hall–Kier alpha value is -2.26. The zero-order valence-corrected chi connectivity index (χ0v) is 16.2. The van der Waals surface area contributed by atoms with Gasteiger partial charge in [0.1, 0.15) is 6.10 Å². The first-order chi connectivity index (χ1) is 13.4. The highest BCUT2D eigenvalue weighted by atomic mass is 35.5. The minimum Gasteiger partial charge on any atom is -0.481 e. The van der Waals surface area contributed by atoms with Crippen LogP contribution >= 0.6 is 23.2 Å². The molecule has 0 aromatic heterocycles. The summed E-state index contributed by atoms with van der Waals surface area (Å²) in [4.78, 5) is 34.4. The number of ether oxygens (including phenoxy) is 2. The summed E-state index contributed by atoms with van der Waals surface area (Å²) in [5, 5.41) is 9.29. The number of carbonyl (C=O) groups is 3. The second-order valence-electron chi connectivity index (χ2n) is 6.29. The minimum atomic E-state index is -5.08. The fraction of sp³-hybridized carbons (Fsp3) is 0.389. The second-order valence-corrected chi connectivity index (χ2v) is 7.13. The lowest BCUT2D eigenvalue weighted by molar-refractivity contribution is -0.222. The Morgan fingerprint density at radius 3 is 2.52 bits per heavy atom. The first-order valence-corrected chi connectivity index (χ1v) is 8.98. The maximum Gasteiger partial charge on any atom is 0.426 e. The van der Waals surface area contributed by atoms with Crippen LogP contribution in [-0.4, -0.2) is 35.3 Å². The lowest BCUT2D eigenvalue weighted by Crippen LogP contribution is -2.36. The molecule has 1 aliphatic carbocycles. The maximum atomic E-state index is 12.8. The Morgan fingerprint density at radius 1 is 1.28 bits per heavy atom. The van der Waals surface area contributed by atoms with Gasteiger partial charge >= 0.3 is 24.1 Å². The molecule has 0 radical (unpaired) electrons. The average molecular weight is 455 g/mol. The van der Waals surface area contributed by atoms with Gasteiger partial charge in [-0.05, 0) is 36.1 Å². The molecule has 1 aromatic carbocycles. The van der Waals surface area contributed by atoms with Crippen molar-refractivity contribution in [2.24, 2.45) is 0 Å². The number of alkyl halides is 3. The summed E-state index contributed by atoms with van der Waals surface area (Å²) in [6, 6.07) is 3.15. The first-order valence-electron chi connectivity index (χ1n) is 8.23. The van der Waals surface area contributed by atoms with E-state index in [0.29, 0.717) is 28.5 Å². The molecule has 2 rings (SSSR count). The fourth-order valence-electron chi connectivity index (χ4n) is 2.77. The molecule has 0 aliphatic heterocycles. The Morgan fingerprint density at radius 2 is 1.93 bits per heavy atom. The van der Waals surface area contributed by atoms with Crippen molar-refractivity contribution in [1.29, 1.82) is 0 Å². The Labute approximate surface area is 173 Å². The molecular weight excluding hydrogens is 440 g/mol. The van der Waals surface area contributed by atoms with E-state index < -0.39 is 54.7 Å². The van der Waals surface area contributed by atoms with Gasteiger partial charge in [-0.3, -0.25) is 9.59 Å². The molecule has 11 heteroatoms. The number of carbonyl (C=O) groups excluding carboxylic acids is 2. The van der Waals surface area contributed by atoms with Gasteiger partial charge in [-0.25, -0.2) is 4.79 Å². The van der Waals surface area contributed by atoms with E-state index in [1.165, 1.54) is 0 Å². The van der Waals surface area contributed by atoms with Crippen molar-refractivity contribution in [2.45, 2.75) is 44.1 Å². The number of carboxylic acid groups (broad SMARTS) is 1. The van der Waals surface area contributed by atoms with E-state index in [1.807, 2.05) is 0 Å². The largest absolute Gasteiger partial charge is 0.481 e. The summed E-state index contributed by atoms with van der Waals surface area (Å²) in [5.41, 5.74) is 0.786. The monoisotopic (exact) mass is 454 g/mol. The Kier molecular flexibility index (Phi) is 7.18. The van der Waals surface area contributed by atoms with Crippen molar-refractivity contribution >= 4 is 41.1 Å². The van der Waals surface area contributed by atoms with E-state index in [-0.39, 0.29) is 0 Å². The van der Waals surface area contributed by atoms with Gasteiger partial charge in [0.2, 0.25) is 6.10 Å². The predicted molar refractivity (Wildman–Crippen MR) is 95.6 cm³/mol. The SMILES string of the molecule is C=C(CC(=O)OC1CCc2c(Cl)cc(Cl)cc21)C(=O)O[C@H](CC(=O)O)C(F)(F)F. The maximum absolute atomic E-state index is 12.8. The van der Waals surface area contributed by atoms with Gasteiger partial charge in [0.15, 0.2) is 0 Å². The Bertz CT molecular complexity index is 853. The van der Waals surface area contributed by atoms with Gasteiger partial charge < -0.3 is 14.6 Å². The van der Waals surface area contributed by atoms with E-state index in [2.05, 4.69) is 11.3 Å². The van der Waals surface area contributed by atoms with Crippen molar-refractivity contribution < 1.29 is 42.1 Å². The molecule has 2 atom stereocenters. The number of aliphatic carboxylic acids is 1. The number of carboxylic acids is 1. The summed E-state index contributed by atoms with van der Waals surface area (Å²) >= 11 is 12.0. The molecule has 158 valence electrons. The third-order valence-corrected chi connectivity index (χ3v) is 4.65. The lowest BCUT2D eigenvalue weighted by atomic mass is 10.1. The number of halogens is 5. The summed E-state index contributed by atoms with van der Waals surface area (Å²) < 4.78 is 47.7. The minimum absolute atomic E-state index is 0.348. The van der Waals surface area contributed by atoms with E-state index in [4.69, 9.17) is 33.0 Å². The van der Waals surface area contributed by atoms with Crippen LogP contribution in [0.5, 0.6) is 0 Å². The molecule has 1 unspecified atom stereocenters. The molecule has 0 saturated carbocycles. The van der Waals surface area contributed by atoms with Crippen LogP contribution in [0.1, 0.15) is 36.5 Å². The molecule has 1 aromatic rings. The summed E-state index contributed by atoms with van der Waals surface area (Å²) in [6.07, 6.45) is -9.84. The molecule has 0 saturated heterocycles. The van der Waals surface area contributed by atoms with Gasteiger partial charge in [-0.2, -0.15) is 13.2 Å². The molecule has 1 aliphatic rings. The van der Waals surface area contributed by atoms with Crippen LogP contribution in [0.3, 0.4) is 0 Å². The quantitative estimate of drug-likeness (QED) is 0.484. The van der Waals surface area contributed by atoms with Gasteiger partial charge in [-0.1, -0.05) is 29.8 Å². The highest BCUT2D eigenvalue weighted by Crippen LogP contribution is 2.40. The molecule has 0 bridgehead atoms. The predicted octanol–water partition coefficient (Wildman–Crippen LogP) is 4.42. The molecule has 29 heavy (non-hydrogen) atoms. The van der Waals surface area contributed by atoms with Crippen molar-refractivity contribution in [3.05, 3.63) is 45.5 Å². The molecule has 6 nitrogen and oxygen atoms in total. The molecular formula is C18H15Cl2F3O6. The smallest absolute Gasteiger partial charge is 0.426 e. The third-order valence-electron chi connectivity index (χ3n) is 4.09. The molecule has 0 heterocycles. The molecule has 0 spiro atoms. The fourth-order valence-corrected chi connectivity index (χ4v) is 3.37. The van der Waals surface area contributed by atoms with E-state index in [1.54, 1.807) is 12.1 Å². The van der Waals surface area contributed by atoms with Crippen LogP contribution in [0.15, 0.2) is 24.3 Å². The number of fused-ring (bicyclic) bond motifs is 1. The third kappa shape index (κ3) is 6.11. The standard InChI is InChI=1S/C18H15Cl2F3O6/c1-8(17(27)29-14(7-15(24)25)18(21,22)23)4-16(26)28-13-3-2-10-11(13)5-9(19)6-12(10)20/h5-6,13-14H,1-4,7H2,(H,24,25)/t13?,14-/m1/s1. The first kappa shape index (κ1) is 23.0. The normalized spacial score (nSPS) is 16.7.